The third-order valence-electron chi connectivity index (χ3n) is 3.76. The lowest BCUT2D eigenvalue weighted by Gasteiger charge is -2.14. The van der Waals surface area contributed by atoms with Crippen LogP contribution in [0.2, 0.25) is 0 Å². The minimum atomic E-state index is -0.182. The molecule has 5 heteroatoms. The van der Waals surface area contributed by atoms with E-state index in [9.17, 15) is 4.79 Å². The normalized spacial score (nSPS) is 11.4. The van der Waals surface area contributed by atoms with E-state index in [1.807, 2.05) is 49.4 Å². The Balaban J connectivity index is 1.48. The van der Waals surface area contributed by atoms with Crippen LogP contribution in [0.15, 0.2) is 79.1 Å². The largest absolute Gasteiger partial charge is 0.484 e. The van der Waals surface area contributed by atoms with Gasteiger partial charge in [0, 0.05) is 12.4 Å². The van der Waals surface area contributed by atoms with E-state index in [0.29, 0.717) is 11.5 Å². The van der Waals surface area contributed by atoms with Crippen LogP contribution in [0.25, 0.3) is 0 Å². The first kappa shape index (κ1) is 17.5. The van der Waals surface area contributed by atoms with Crippen molar-refractivity contribution in [3.63, 3.8) is 0 Å². The maximum atomic E-state index is 12.0. The van der Waals surface area contributed by atoms with Gasteiger partial charge in [0.15, 0.2) is 6.61 Å². The van der Waals surface area contributed by atoms with Crippen LogP contribution >= 0.6 is 0 Å². The van der Waals surface area contributed by atoms with Gasteiger partial charge >= 0.3 is 0 Å². The summed E-state index contributed by atoms with van der Waals surface area (Å²) >= 11 is 0. The lowest BCUT2D eigenvalue weighted by Crippen LogP contribution is -2.31. The van der Waals surface area contributed by atoms with Crippen LogP contribution in [0.5, 0.6) is 17.2 Å². The number of carbonyl (C=O) groups is 1. The number of hydrogen-bond acceptors (Lipinski definition) is 4. The second-order valence-corrected chi connectivity index (χ2v) is 5.74. The number of nitrogens with zero attached hydrogens (tertiary/aromatic N) is 1. The number of pyridine rings is 1. The van der Waals surface area contributed by atoms with Crippen molar-refractivity contribution in [3.8, 4) is 17.2 Å². The standard InChI is InChI=1S/C21H20N2O3/c1-16(17-11-13-22-14-12-17)23-21(24)15-25-18-7-9-20(10-8-18)26-19-5-3-2-4-6-19/h2-14,16H,15H2,1H3,(H,23,24)/t16-/m1/s1. The summed E-state index contributed by atoms with van der Waals surface area (Å²) in [5, 5.41) is 2.89. The summed E-state index contributed by atoms with van der Waals surface area (Å²) < 4.78 is 11.3. The Morgan fingerprint density at radius 1 is 0.923 bits per heavy atom. The zero-order valence-corrected chi connectivity index (χ0v) is 14.5. The van der Waals surface area contributed by atoms with Crippen molar-refractivity contribution in [2.24, 2.45) is 0 Å². The van der Waals surface area contributed by atoms with E-state index in [0.717, 1.165) is 11.3 Å². The minimum Gasteiger partial charge on any atom is -0.484 e. The molecule has 0 radical (unpaired) electrons. The maximum absolute atomic E-state index is 12.0. The van der Waals surface area contributed by atoms with Crippen LogP contribution in [-0.2, 0) is 4.79 Å². The fourth-order valence-electron chi connectivity index (χ4n) is 2.40. The molecule has 0 saturated carbocycles. The molecule has 1 heterocycles. The van der Waals surface area contributed by atoms with Crippen LogP contribution < -0.4 is 14.8 Å². The SMILES string of the molecule is C[C@@H](NC(=O)COc1ccc(Oc2ccccc2)cc1)c1ccncc1. The summed E-state index contributed by atoms with van der Waals surface area (Å²) in [5.41, 5.74) is 0.996. The number of nitrogens with one attached hydrogen (secondary N) is 1. The number of ether oxygens (including phenoxy) is 2. The average molecular weight is 348 g/mol. The Hall–Kier alpha value is -3.34. The van der Waals surface area contributed by atoms with Crippen LogP contribution in [-0.4, -0.2) is 17.5 Å². The third kappa shape index (κ3) is 5.08. The van der Waals surface area contributed by atoms with Gasteiger partial charge in [-0.05, 0) is 61.0 Å². The van der Waals surface area contributed by atoms with Gasteiger partial charge in [-0.25, -0.2) is 0 Å². The van der Waals surface area contributed by atoms with E-state index in [1.54, 1.807) is 36.7 Å². The van der Waals surface area contributed by atoms with Crippen molar-refractivity contribution in [2.45, 2.75) is 13.0 Å². The van der Waals surface area contributed by atoms with Crippen LogP contribution in [0.4, 0.5) is 0 Å². The van der Waals surface area contributed by atoms with Gasteiger partial charge in [-0.1, -0.05) is 18.2 Å². The Kier molecular flexibility index (Phi) is 5.83. The van der Waals surface area contributed by atoms with E-state index in [-0.39, 0.29) is 18.6 Å². The highest BCUT2D eigenvalue weighted by Gasteiger charge is 2.10. The zero-order chi connectivity index (χ0) is 18.2. The minimum absolute atomic E-state index is 0.0473. The third-order valence-corrected chi connectivity index (χ3v) is 3.76. The van der Waals surface area contributed by atoms with E-state index < -0.39 is 0 Å². The maximum Gasteiger partial charge on any atom is 0.258 e. The summed E-state index contributed by atoms with van der Waals surface area (Å²) in [6.07, 6.45) is 3.40. The first-order valence-electron chi connectivity index (χ1n) is 8.36. The van der Waals surface area contributed by atoms with E-state index in [4.69, 9.17) is 9.47 Å². The lowest BCUT2D eigenvalue weighted by molar-refractivity contribution is -0.123. The molecule has 1 atom stereocenters. The van der Waals surface area contributed by atoms with Crippen molar-refractivity contribution in [2.75, 3.05) is 6.61 Å². The molecule has 1 N–H and O–H groups in total. The molecule has 0 fully saturated rings. The Bertz CT molecular complexity index is 821. The van der Waals surface area contributed by atoms with Crippen molar-refractivity contribution in [3.05, 3.63) is 84.7 Å². The number of carbonyl (C=O) groups excluding carboxylic acids is 1. The van der Waals surface area contributed by atoms with Crippen molar-refractivity contribution >= 4 is 5.91 Å². The van der Waals surface area contributed by atoms with Gasteiger partial charge in [0.1, 0.15) is 17.2 Å². The fraction of sp³-hybridized carbons (Fsp3) is 0.143. The summed E-state index contributed by atoms with van der Waals surface area (Å²) in [7, 11) is 0. The Morgan fingerprint density at radius 3 is 2.23 bits per heavy atom. The van der Waals surface area contributed by atoms with Crippen LogP contribution in [0, 0.1) is 0 Å². The molecule has 5 nitrogen and oxygen atoms in total. The molecule has 1 aromatic heterocycles. The van der Waals surface area contributed by atoms with Gasteiger partial charge in [-0.3, -0.25) is 9.78 Å². The summed E-state index contributed by atoms with van der Waals surface area (Å²) in [6, 6.07) is 20.3. The highest BCUT2D eigenvalue weighted by atomic mass is 16.5. The molecule has 132 valence electrons. The smallest absolute Gasteiger partial charge is 0.258 e. The topological polar surface area (TPSA) is 60.5 Å². The van der Waals surface area contributed by atoms with Gasteiger partial charge in [0.2, 0.25) is 0 Å². The predicted molar refractivity (Wildman–Crippen MR) is 99.2 cm³/mol. The molecule has 0 saturated heterocycles. The highest BCUT2D eigenvalue weighted by molar-refractivity contribution is 5.78. The Labute approximate surface area is 152 Å². The molecule has 0 spiro atoms. The molecule has 3 aromatic rings. The highest BCUT2D eigenvalue weighted by Crippen LogP contribution is 2.23. The molecular weight excluding hydrogens is 328 g/mol. The molecule has 3 rings (SSSR count). The van der Waals surface area contributed by atoms with Crippen LogP contribution in [0.1, 0.15) is 18.5 Å². The molecule has 0 aliphatic heterocycles. The van der Waals surface area contributed by atoms with E-state index in [1.165, 1.54) is 0 Å². The monoisotopic (exact) mass is 348 g/mol. The number of amides is 1. The molecular formula is C21H20N2O3. The second-order valence-electron chi connectivity index (χ2n) is 5.74. The Morgan fingerprint density at radius 2 is 1.54 bits per heavy atom. The quantitative estimate of drug-likeness (QED) is 0.697. The summed E-state index contributed by atoms with van der Waals surface area (Å²) in [4.78, 5) is 16.0. The molecule has 0 unspecified atom stereocenters. The number of rotatable bonds is 7. The van der Waals surface area contributed by atoms with Crippen LogP contribution in [0.3, 0.4) is 0 Å². The van der Waals surface area contributed by atoms with E-state index >= 15 is 0 Å². The molecule has 26 heavy (non-hydrogen) atoms. The first-order chi connectivity index (χ1) is 12.7. The summed E-state index contributed by atoms with van der Waals surface area (Å²) in [5.74, 6) is 1.90. The van der Waals surface area contributed by atoms with Gasteiger partial charge in [-0.2, -0.15) is 0 Å². The van der Waals surface area contributed by atoms with Crippen molar-refractivity contribution < 1.29 is 14.3 Å². The van der Waals surface area contributed by atoms with Gasteiger partial charge in [0.05, 0.1) is 6.04 Å². The molecule has 0 bridgehead atoms. The number of aromatic nitrogens is 1. The second kappa shape index (κ2) is 8.67. The fourth-order valence-corrected chi connectivity index (χ4v) is 2.40. The number of benzene rings is 2. The first-order valence-corrected chi connectivity index (χ1v) is 8.36. The van der Waals surface area contributed by atoms with Crippen molar-refractivity contribution in [1.29, 1.82) is 0 Å². The van der Waals surface area contributed by atoms with Crippen molar-refractivity contribution in [1.82, 2.24) is 10.3 Å². The number of hydrogen-bond donors (Lipinski definition) is 1. The molecule has 2 aromatic carbocycles. The molecule has 0 aliphatic rings. The van der Waals surface area contributed by atoms with Gasteiger partial charge in [0.25, 0.3) is 5.91 Å². The lowest BCUT2D eigenvalue weighted by atomic mass is 10.1. The predicted octanol–water partition coefficient (Wildman–Crippen LogP) is 4.13. The zero-order valence-electron chi connectivity index (χ0n) is 14.5. The van der Waals surface area contributed by atoms with Gasteiger partial charge < -0.3 is 14.8 Å². The van der Waals surface area contributed by atoms with E-state index in [2.05, 4.69) is 10.3 Å². The van der Waals surface area contributed by atoms with Gasteiger partial charge in [-0.15, -0.1) is 0 Å². The number of para-hydroxylation sites is 1. The molecule has 0 aliphatic carbocycles. The molecule has 1 amide bonds. The average Bonchev–Trinajstić information content (AvgIpc) is 2.69. The summed E-state index contributed by atoms with van der Waals surface area (Å²) in [6.45, 7) is 1.87.